The van der Waals surface area contributed by atoms with Crippen molar-refractivity contribution in [2.45, 2.75) is 13.0 Å². The van der Waals surface area contributed by atoms with E-state index in [2.05, 4.69) is 0 Å². The highest BCUT2D eigenvalue weighted by atomic mass is 35.5. The highest BCUT2D eigenvalue weighted by Crippen LogP contribution is 2.34. The number of halogens is 1. The fourth-order valence-electron chi connectivity index (χ4n) is 1.63. The number of rotatable bonds is 3. The van der Waals surface area contributed by atoms with E-state index in [0.29, 0.717) is 9.93 Å². The van der Waals surface area contributed by atoms with Crippen LogP contribution < -0.4 is 0 Å². The summed E-state index contributed by atoms with van der Waals surface area (Å²) in [5.74, 6) is -1.47. The third-order valence-corrected chi connectivity index (χ3v) is 4.32. The first-order valence-corrected chi connectivity index (χ1v) is 7.26. The van der Waals surface area contributed by atoms with Gasteiger partial charge in [-0.1, -0.05) is 47.7 Å². The molecular formula is C13H10ClNO3S2. The first kappa shape index (κ1) is 15.0. The third-order valence-electron chi connectivity index (χ3n) is 2.74. The van der Waals surface area contributed by atoms with Gasteiger partial charge in [-0.2, -0.15) is 0 Å². The topological polar surface area (TPSA) is 57.6 Å². The number of amides is 1. The molecule has 1 aliphatic rings. The Kier molecular flexibility index (Phi) is 4.47. The lowest BCUT2D eigenvalue weighted by atomic mass is 10.2. The molecule has 1 aromatic rings. The molecule has 1 saturated heterocycles. The maximum atomic E-state index is 12.2. The molecule has 1 N–H and O–H groups in total. The molecule has 1 amide bonds. The van der Waals surface area contributed by atoms with Gasteiger partial charge in [0.1, 0.15) is 10.4 Å². The zero-order chi connectivity index (χ0) is 14.9. The van der Waals surface area contributed by atoms with Crippen molar-refractivity contribution in [3.05, 3.63) is 39.8 Å². The zero-order valence-electron chi connectivity index (χ0n) is 10.4. The number of carboxylic acid groups (broad SMARTS) is 1. The summed E-state index contributed by atoms with van der Waals surface area (Å²) in [7, 11) is 0. The third kappa shape index (κ3) is 3.03. The van der Waals surface area contributed by atoms with Crippen LogP contribution in [0.5, 0.6) is 0 Å². The first-order chi connectivity index (χ1) is 9.40. The number of thioether (sulfide) groups is 1. The van der Waals surface area contributed by atoms with Crippen LogP contribution in [0.25, 0.3) is 6.08 Å². The van der Waals surface area contributed by atoms with Crippen LogP contribution in [-0.4, -0.2) is 32.2 Å². The SMILES string of the molecule is C[C@@H](C(=O)O)N1C(=O)/C(=C/c2ccc(Cl)cc2)SC1=S. The lowest BCUT2D eigenvalue weighted by molar-refractivity contribution is -0.144. The van der Waals surface area contributed by atoms with Gasteiger partial charge in [0.05, 0.1) is 4.91 Å². The van der Waals surface area contributed by atoms with Gasteiger partial charge in [-0.25, -0.2) is 4.79 Å². The molecule has 4 nitrogen and oxygen atoms in total. The van der Waals surface area contributed by atoms with Crippen molar-refractivity contribution in [1.29, 1.82) is 0 Å². The van der Waals surface area contributed by atoms with Gasteiger partial charge in [-0.15, -0.1) is 0 Å². The summed E-state index contributed by atoms with van der Waals surface area (Å²) in [6.45, 7) is 1.43. The van der Waals surface area contributed by atoms with Crippen molar-refractivity contribution in [1.82, 2.24) is 4.90 Å². The Labute approximate surface area is 130 Å². The number of hydrogen-bond donors (Lipinski definition) is 1. The molecule has 0 unspecified atom stereocenters. The van der Waals surface area contributed by atoms with Crippen molar-refractivity contribution < 1.29 is 14.7 Å². The molecule has 0 aromatic heterocycles. The molecule has 1 aliphatic heterocycles. The van der Waals surface area contributed by atoms with Crippen LogP contribution in [0.15, 0.2) is 29.2 Å². The second-order valence-electron chi connectivity index (χ2n) is 4.12. The van der Waals surface area contributed by atoms with E-state index in [9.17, 15) is 9.59 Å². The van der Waals surface area contributed by atoms with E-state index in [4.69, 9.17) is 28.9 Å². The number of carbonyl (C=O) groups is 2. The maximum Gasteiger partial charge on any atom is 0.326 e. The molecule has 0 bridgehead atoms. The second-order valence-corrected chi connectivity index (χ2v) is 6.23. The van der Waals surface area contributed by atoms with E-state index in [1.807, 2.05) is 0 Å². The first-order valence-electron chi connectivity index (χ1n) is 5.65. The fourth-order valence-corrected chi connectivity index (χ4v) is 3.18. The Balaban J connectivity index is 2.28. The number of benzene rings is 1. The van der Waals surface area contributed by atoms with E-state index >= 15 is 0 Å². The van der Waals surface area contributed by atoms with Crippen LogP contribution in [0.4, 0.5) is 0 Å². The van der Waals surface area contributed by atoms with Crippen molar-refractivity contribution in [3.63, 3.8) is 0 Å². The van der Waals surface area contributed by atoms with Crippen molar-refractivity contribution in [2.75, 3.05) is 0 Å². The minimum atomic E-state index is -1.09. The van der Waals surface area contributed by atoms with Gasteiger partial charge < -0.3 is 5.11 Å². The van der Waals surface area contributed by atoms with Gasteiger partial charge in [-0.3, -0.25) is 9.69 Å². The zero-order valence-corrected chi connectivity index (χ0v) is 12.8. The Morgan fingerprint density at radius 3 is 2.60 bits per heavy atom. The van der Waals surface area contributed by atoms with E-state index in [1.165, 1.54) is 6.92 Å². The number of nitrogens with zero attached hydrogens (tertiary/aromatic N) is 1. The minimum absolute atomic E-state index is 0.255. The monoisotopic (exact) mass is 327 g/mol. The lowest BCUT2D eigenvalue weighted by Gasteiger charge is -2.18. The molecule has 1 fully saturated rings. The molecule has 1 heterocycles. The number of thiocarbonyl (C=S) groups is 1. The largest absolute Gasteiger partial charge is 0.480 e. The molecule has 7 heteroatoms. The van der Waals surface area contributed by atoms with Crippen LogP contribution in [0.1, 0.15) is 12.5 Å². The Bertz CT molecular complexity index is 613. The normalized spacial score (nSPS) is 18.7. The summed E-state index contributed by atoms with van der Waals surface area (Å²) in [4.78, 5) is 24.7. The van der Waals surface area contributed by atoms with Crippen molar-refractivity contribution in [2.24, 2.45) is 0 Å². The summed E-state index contributed by atoms with van der Waals surface area (Å²) in [6.07, 6.45) is 1.67. The van der Waals surface area contributed by atoms with Crippen molar-refractivity contribution >= 4 is 57.9 Å². The quantitative estimate of drug-likeness (QED) is 0.683. The predicted molar refractivity (Wildman–Crippen MR) is 83.6 cm³/mol. The molecule has 0 aliphatic carbocycles. The molecule has 1 aromatic carbocycles. The second kappa shape index (κ2) is 5.95. The van der Waals surface area contributed by atoms with Gasteiger partial charge in [0, 0.05) is 5.02 Å². The molecule has 0 spiro atoms. The van der Waals surface area contributed by atoms with E-state index < -0.39 is 12.0 Å². The van der Waals surface area contributed by atoms with Gasteiger partial charge in [0.15, 0.2) is 0 Å². The number of carboxylic acids is 1. The van der Waals surface area contributed by atoms with Crippen LogP contribution in [0.2, 0.25) is 5.02 Å². The Morgan fingerprint density at radius 2 is 2.05 bits per heavy atom. The minimum Gasteiger partial charge on any atom is -0.480 e. The standard InChI is InChI=1S/C13H10ClNO3S2/c1-7(12(17)18)15-11(16)10(20-13(15)19)6-8-2-4-9(14)5-3-8/h2-7H,1H3,(H,17,18)/b10-6-/t7-/m0/s1. The molecule has 20 heavy (non-hydrogen) atoms. The molecule has 0 saturated carbocycles. The summed E-state index contributed by atoms with van der Waals surface area (Å²) in [5.41, 5.74) is 0.804. The van der Waals surface area contributed by atoms with E-state index in [-0.39, 0.29) is 10.2 Å². The van der Waals surface area contributed by atoms with Gasteiger partial charge >= 0.3 is 5.97 Å². The van der Waals surface area contributed by atoms with E-state index in [1.54, 1.807) is 30.3 Å². The smallest absolute Gasteiger partial charge is 0.326 e. The predicted octanol–water partition coefficient (Wildman–Crippen LogP) is 3.01. The van der Waals surface area contributed by atoms with Gasteiger partial charge in [0.25, 0.3) is 5.91 Å². The van der Waals surface area contributed by atoms with E-state index in [0.717, 1.165) is 22.2 Å². The molecule has 2 rings (SSSR count). The Morgan fingerprint density at radius 1 is 1.45 bits per heavy atom. The molecular weight excluding hydrogens is 318 g/mol. The summed E-state index contributed by atoms with van der Waals surface area (Å²) >= 11 is 12.0. The fraction of sp³-hybridized carbons (Fsp3) is 0.154. The van der Waals surface area contributed by atoms with Crippen molar-refractivity contribution in [3.8, 4) is 0 Å². The summed E-state index contributed by atoms with van der Waals surface area (Å²) < 4.78 is 0.255. The average Bonchev–Trinajstić information content (AvgIpc) is 2.66. The highest BCUT2D eigenvalue weighted by Gasteiger charge is 2.38. The van der Waals surface area contributed by atoms with Gasteiger partial charge in [-0.05, 0) is 30.7 Å². The highest BCUT2D eigenvalue weighted by molar-refractivity contribution is 8.26. The van der Waals surface area contributed by atoms with Crippen LogP contribution >= 0.6 is 35.6 Å². The molecule has 1 atom stereocenters. The average molecular weight is 328 g/mol. The number of hydrogen-bond acceptors (Lipinski definition) is 4. The number of carbonyl (C=O) groups excluding carboxylic acids is 1. The van der Waals surface area contributed by atoms with Crippen LogP contribution in [0.3, 0.4) is 0 Å². The Hall–Kier alpha value is -1.37. The van der Waals surface area contributed by atoms with Gasteiger partial charge in [0.2, 0.25) is 0 Å². The summed E-state index contributed by atoms with van der Waals surface area (Å²) in [6, 6.07) is 6.01. The van der Waals surface area contributed by atoms with Crippen LogP contribution in [-0.2, 0) is 9.59 Å². The molecule has 104 valence electrons. The number of aliphatic carboxylic acids is 1. The molecule has 0 radical (unpaired) electrons. The summed E-state index contributed by atoms with van der Waals surface area (Å²) in [5, 5.41) is 9.59. The lowest BCUT2D eigenvalue weighted by Crippen LogP contribution is -2.41. The van der Waals surface area contributed by atoms with Crippen LogP contribution in [0, 0.1) is 0 Å². The maximum absolute atomic E-state index is 12.2.